The minimum atomic E-state index is -0.987. The van der Waals surface area contributed by atoms with Crippen molar-refractivity contribution in [2.75, 3.05) is 19.5 Å². The molecule has 5 nitrogen and oxygen atoms in total. The van der Waals surface area contributed by atoms with Gasteiger partial charge < -0.3 is 15.2 Å². The highest BCUT2D eigenvalue weighted by molar-refractivity contribution is 7.99. The molecule has 0 fully saturated rings. The SMILES string of the molecule is COC(=O)C(CO)NC(=O)CCSc1ccccc1. The van der Waals surface area contributed by atoms with E-state index in [9.17, 15) is 9.59 Å². The van der Waals surface area contributed by atoms with Crippen LogP contribution in [0.1, 0.15) is 6.42 Å². The summed E-state index contributed by atoms with van der Waals surface area (Å²) in [5, 5.41) is 11.4. The van der Waals surface area contributed by atoms with Crippen LogP contribution in [0.3, 0.4) is 0 Å². The number of amides is 1. The van der Waals surface area contributed by atoms with Crippen LogP contribution in [0.4, 0.5) is 0 Å². The van der Waals surface area contributed by atoms with Crippen molar-refractivity contribution in [1.29, 1.82) is 0 Å². The Labute approximate surface area is 116 Å². The predicted octanol–water partition coefficient (Wildman–Crippen LogP) is 0.819. The Morgan fingerprint density at radius 1 is 1.37 bits per heavy atom. The number of carbonyl (C=O) groups excluding carboxylic acids is 2. The number of thioether (sulfide) groups is 1. The fourth-order valence-corrected chi connectivity index (χ4v) is 2.24. The van der Waals surface area contributed by atoms with Crippen molar-refractivity contribution in [3.05, 3.63) is 30.3 Å². The lowest BCUT2D eigenvalue weighted by molar-refractivity contribution is -0.146. The fraction of sp³-hybridized carbons (Fsp3) is 0.385. The van der Waals surface area contributed by atoms with Gasteiger partial charge in [0.15, 0.2) is 6.04 Å². The Bertz CT molecular complexity index is 410. The number of aliphatic hydroxyl groups is 1. The van der Waals surface area contributed by atoms with Gasteiger partial charge >= 0.3 is 5.97 Å². The quantitative estimate of drug-likeness (QED) is 0.572. The fourth-order valence-electron chi connectivity index (χ4n) is 1.37. The maximum absolute atomic E-state index is 11.6. The second-order valence-electron chi connectivity index (χ2n) is 3.74. The topological polar surface area (TPSA) is 75.6 Å². The molecule has 0 aromatic heterocycles. The molecule has 6 heteroatoms. The Kier molecular flexibility index (Phi) is 6.99. The molecule has 1 atom stereocenters. The molecule has 1 unspecified atom stereocenters. The van der Waals surface area contributed by atoms with Crippen LogP contribution in [0.5, 0.6) is 0 Å². The van der Waals surface area contributed by atoms with Gasteiger partial charge in [-0.1, -0.05) is 18.2 Å². The van der Waals surface area contributed by atoms with Crippen LogP contribution in [0.25, 0.3) is 0 Å². The van der Waals surface area contributed by atoms with Crippen LogP contribution in [0.15, 0.2) is 35.2 Å². The number of hydrogen-bond acceptors (Lipinski definition) is 5. The maximum Gasteiger partial charge on any atom is 0.330 e. The van der Waals surface area contributed by atoms with E-state index in [0.29, 0.717) is 5.75 Å². The Hall–Kier alpha value is -1.53. The van der Waals surface area contributed by atoms with Crippen LogP contribution < -0.4 is 5.32 Å². The largest absolute Gasteiger partial charge is 0.467 e. The average molecular weight is 283 g/mol. The van der Waals surface area contributed by atoms with Crippen molar-refractivity contribution in [2.45, 2.75) is 17.4 Å². The smallest absolute Gasteiger partial charge is 0.330 e. The number of rotatable bonds is 7. The molecule has 0 saturated heterocycles. The van der Waals surface area contributed by atoms with Crippen LogP contribution >= 0.6 is 11.8 Å². The first-order valence-electron chi connectivity index (χ1n) is 5.83. The first-order chi connectivity index (χ1) is 9.17. The number of hydrogen-bond donors (Lipinski definition) is 2. The van der Waals surface area contributed by atoms with Gasteiger partial charge in [-0.15, -0.1) is 11.8 Å². The van der Waals surface area contributed by atoms with Gasteiger partial charge in [0, 0.05) is 17.1 Å². The molecule has 0 aliphatic heterocycles. The van der Waals surface area contributed by atoms with Crippen molar-refractivity contribution in [3.63, 3.8) is 0 Å². The summed E-state index contributed by atoms with van der Waals surface area (Å²) in [5.74, 6) is -0.325. The number of methoxy groups -OCH3 is 1. The third-order valence-corrected chi connectivity index (χ3v) is 3.36. The van der Waals surface area contributed by atoms with Crippen LogP contribution in [0, 0.1) is 0 Å². The molecule has 1 aromatic rings. The Morgan fingerprint density at radius 3 is 2.63 bits per heavy atom. The lowest BCUT2D eigenvalue weighted by atomic mass is 10.3. The molecule has 0 aliphatic carbocycles. The molecule has 1 rings (SSSR count). The van der Waals surface area contributed by atoms with E-state index in [1.165, 1.54) is 7.11 Å². The van der Waals surface area contributed by atoms with Crippen molar-refractivity contribution < 1.29 is 19.4 Å². The zero-order valence-electron chi connectivity index (χ0n) is 10.7. The zero-order valence-corrected chi connectivity index (χ0v) is 11.5. The lowest BCUT2D eigenvalue weighted by Crippen LogP contribution is -2.44. The molecular formula is C13H17NO4S. The van der Waals surface area contributed by atoms with Crippen LogP contribution in [-0.2, 0) is 14.3 Å². The molecule has 2 N–H and O–H groups in total. The number of esters is 1. The zero-order chi connectivity index (χ0) is 14.1. The van der Waals surface area contributed by atoms with Crippen molar-refractivity contribution >= 4 is 23.6 Å². The normalized spacial score (nSPS) is 11.7. The van der Waals surface area contributed by atoms with Gasteiger partial charge in [-0.3, -0.25) is 4.79 Å². The van der Waals surface area contributed by atoms with Gasteiger partial charge in [0.25, 0.3) is 0 Å². The second-order valence-corrected chi connectivity index (χ2v) is 4.91. The first-order valence-corrected chi connectivity index (χ1v) is 6.82. The summed E-state index contributed by atoms with van der Waals surface area (Å²) < 4.78 is 4.46. The van der Waals surface area contributed by atoms with Gasteiger partial charge in [0.05, 0.1) is 13.7 Å². The summed E-state index contributed by atoms with van der Waals surface area (Å²) in [6, 6.07) is 8.74. The molecule has 0 heterocycles. The monoisotopic (exact) mass is 283 g/mol. The van der Waals surface area contributed by atoms with E-state index >= 15 is 0 Å². The van der Waals surface area contributed by atoms with Gasteiger partial charge in [-0.25, -0.2) is 4.79 Å². The molecule has 1 aromatic carbocycles. The number of ether oxygens (including phenoxy) is 1. The van der Waals surface area contributed by atoms with E-state index in [4.69, 9.17) is 5.11 Å². The van der Waals surface area contributed by atoms with Crippen molar-refractivity contribution in [3.8, 4) is 0 Å². The van der Waals surface area contributed by atoms with E-state index in [-0.39, 0.29) is 12.3 Å². The number of carbonyl (C=O) groups is 2. The third kappa shape index (κ3) is 5.76. The summed E-state index contributed by atoms with van der Waals surface area (Å²) in [7, 11) is 1.21. The van der Waals surface area contributed by atoms with Gasteiger partial charge in [-0.2, -0.15) is 0 Å². The minimum Gasteiger partial charge on any atom is -0.467 e. The van der Waals surface area contributed by atoms with E-state index in [1.54, 1.807) is 11.8 Å². The highest BCUT2D eigenvalue weighted by atomic mass is 32.2. The molecule has 0 radical (unpaired) electrons. The molecule has 19 heavy (non-hydrogen) atoms. The van der Waals surface area contributed by atoms with Crippen molar-refractivity contribution in [1.82, 2.24) is 5.32 Å². The first kappa shape index (κ1) is 15.5. The summed E-state index contributed by atoms with van der Waals surface area (Å²) in [5.41, 5.74) is 0. The van der Waals surface area contributed by atoms with E-state index in [2.05, 4.69) is 10.1 Å². The van der Waals surface area contributed by atoms with E-state index in [0.717, 1.165) is 4.90 Å². The molecule has 1 amide bonds. The summed E-state index contributed by atoms with van der Waals surface area (Å²) in [6.07, 6.45) is 0.271. The van der Waals surface area contributed by atoms with E-state index < -0.39 is 18.6 Å². The number of aliphatic hydroxyl groups excluding tert-OH is 1. The second kappa shape index (κ2) is 8.55. The van der Waals surface area contributed by atoms with Gasteiger partial charge in [0.1, 0.15) is 0 Å². The molecule has 0 bridgehead atoms. The molecular weight excluding hydrogens is 266 g/mol. The molecule has 104 valence electrons. The minimum absolute atomic E-state index is 0.271. The number of nitrogens with one attached hydrogen (secondary N) is 1. The maximum atomic E-state index is 11.6. The molecule has 0 saturated carbocycles. The van der Waals surface area contributed by atoms with Crippen LogP contribution in [-0.4, -0.2) is 42.5 Å². The molecule has 0 aliphatic rings. The summed E-state index contributed by atoms with van der Waals surface area (Å²) in [4.78, 5) is 23.8. The average Bonchev–Trinajstić information content (AvgIpc) is 2.45. The highest BCUT2D eigenvalue weighted by Crippen LogP contribution is 2.17. The van der Waals surface area contributed by atoms with E-state index in [1.807, 2.05) is 30.3 Å². The highest BCUT2D eigenvalue weighted by Gasteiger charge is 2.19. The lowest BCUT2D eigenvalue weighted by Gasteiger charge is -2.13. The predicted molar refractivity (Wildman–Crippen MR) is 72.8 cm³/mol. The standard InChI is InChI=1S/C13H17NO4S/c1-18-13(17)11(9-15)14-12(16)7-8-19-10-5-3-2-4-6-10/h2-6,11,15H,7-9H2,1H3,(H,14,16). The summed E-state index contributed by atoms with van der Waals surface area (Å²) >= 11 is 1.56. The Balaban J connectivity index is 2.29. The third-order valence-electron chi connectivity index (χ3n) is 2.34. The summed E-state index contributed by atoms with van der Waals surface area (Å²) in [6.45, 7) is -0.468. The van der Waals surface area contributed by atoms with Crippen molar-refractivity contribution in [2.24, 2.45) is 0 Å². The van der Waals surface area contributed by atoms with Crippen LogP contribution in [0.2, 0.25) is 0 Å². The number of benzene rings is 1. The molecule has 0 spiro atoms. The van der Waals surface area contributed by atoms with Gasteiger partial charge in [0.2, 0.25) is 5.91 Å². The Morgan fingerprint density at radius 2 is 2.05 bits per heavy atom. The van der Waals surface area contributed by atoms with Gasteiger partial charge in [-0.05, 0) is 12.1 Å².